The Hall–Kier alpha value is -3.36. The largest absolute Gasteiger partial charge is 0.619 e. The van der Waals surface area contributed by atoms with Crippen LogP contribution in [-0.2, 0) is 19.4 Å². The normalized spacial score (nSPS) is 12.8. The van der Waals surface area contributed by atoms with Gasteiger partial charge in [0.15, 0.2) is 12.4 Å². The first-order chi connectivity index (χ1) is 15.8. The van der Waals surface area contributed by atoms with Gasteiger partial charge in [0.1, 0.15) is 17.2 Å². The molecular formula is C25H27F2N3O3. The SMILES string of the molecule is CCc1cccc(CNC[C@@H](O)[C@H](Cc2cc(F)cc(F)c2)NC(=O)c2ccc[n+]([O-])c2)c1. The first-order valence-corrected chi connectivity index (χ1v) is 10.8. The third-order valence-electron chi connectivity index (χ3n) is 5.28. The summed E-state index contributed by atoms with van der Waals surface area (Å²) in [5.74, 6) is -2.06. The predicted molar refractivity (Wildman–Crippen MR) is 120 cm³/mol. The number of halogens is 2. The molecule has 2 aromatic carbocycles. The van der Waals surface area contributed by atoms with Crippen molar-refractivity contribution >= 4 is 5.91 Å². The molecule has 6 nitrogen and oxygen atoms in total. The smallest absolute Gasteiger partial charge is 0.257 e. The van der Waals surface area contributed by atoms with Crippen LogP contribution in [0.4, 0.5) is 8.78 Å². The van der Waals surface area contributed by atoms with Gasteiger partial charge in [-0.3, -0.25) is 4.79 Å². The van der Waals surface area contributed by atoms with Crippen LogP contribution in [0.3, 0.4) is 0 Å². The van der Waals surface area contributed by atoms with Crippen LogP contribution < -0.4 is 15.4 Å². The Morgan fingerprint density at radius 1 is 1.06 bits per heavy atom. The highest BCUT2D eigenvalue weighted by molar-refractivity contribution is 5.93. The number of hydrogen-bond donors (Lipinski definition) is 3. The fraction of sp³-hybridized carbons (Fsp3) is 0.280. The molecule has 8 heteroatoms. The Bertz CT molecular complexity index is 1070. The summed E-state index contributed by atoms with van der Waals surface area (Å²) < 4.78 is 27.8. The molecule has 0 radical (unpaired) electrons. The maximum absolute atomic E-state index is 13.7. The lowest BCUT2D eigenvalue weighted by Crippen LogP contribution is -2.49. The molecule has 1 amide bonds. The number of hydrogen-bond acceptors (Lipinski definition) is 4. The van der Waals surface area contributed by atoms with Gasteiger partial charge in [-0.15, -0.1) is 0 Å². The van der Waals surface area contributed by atoms with Gasteiger partial charge in [0.05, 0.1) is 12.1 Å². The van der Waals surface area contributed by atoms with E-state index in [0.717, 1.165) is 36.4 Å². The Labute approximate surface area is 191 Å². The molecule has 3 rings (SSSR count). The molecule has 0 aliphatic carbocycles. The van der Waals surface area contributed by atoms with E-state index < -0.39 is 29.7 Å². The minimum absolute atomic E-state index is 0.00120. The zero-order chi connectivity index (χ0) is 23.8. The van der Waals surface area contributed by atoms with Crippen LogP contribution >= 0.6 is 0 Å². The summed E-state index contributed by atoms with van der Waals surface area (Å²) in [5, 5.41) is 28.2. The van der Waals surface area contributed by atoms with E-state index in [1.165, 1.54) is 23.9 Å². The molecule has 2 atom stereocenters. The van der Waals surface area contributed by atoms with Gasteiger partial charge < -0.3 is 20.9 Å². The maximum atomic E-state index is 13.7. The lowest BCUT2D eigenvalue weighted by atomic mass is 10.00. The minimum atomic E-state index is -1.06. The summed E-state index contributed by atoms with van der Waals surface area (Å²) in [4.78, 5) is 12.7. The number of pyridine rings is 1. The average Bonchev–Trinajstić information content (AvgIpc) is 2.78. The number of aliphatic hydroxyl groups is 1. The monoisotopic (exact) mass is 455 g/mol. The predicted octanol–water partition coefficient (Wildman–Crippen LogP) is 2.65. The van der Waals surface area contributed by atoms with Gasteiger partial charge in [0.2, 0.25) is 0 Å². The maximum Gasteiger partial charge on any atom is 0.257 e. The van der Waals surface area contributed by atoms with E-state index >= 15 is 0 Å². The highest BCUT2D eigenvalue weighted by Gasteiger charge is 2.23. The number of benzene rings is 2. The standard InChI is InChI=1S/C25H27F2N3O3/c1-2-17-5-3-6-18(9-17)14-28-15-24(31)23(12-19-10-21(26)13-22(27)11-19)29-25(32)20-7-4-8-30(33)16-20/h3-11,13,16,23-24,28,31H,2,12,14-15H2,1H3,(H,29,32)/t23-,24+/m0/s1. The number of aromatic nitrogens is 1. The van der Waals surface area contributed by atoms with E-state index in [1.807, 2.05) is 18.2 Å². The van der Waals surface area contributed by atoms with E-state index in [-0.39, 0.29) is 18.5 Å². The second kappa shape index (κ2) is 11.5. The zero-order valence-electron chi connectivity index (χ0n) is 18.3. The summed E-state index contributed by atoms with van der Waals surface area (Å²) in [6, 6.07) is 13.2. The van der Waals surface area contributed by atoms with Crippen LogP contribution in [0.1, 0.15) is 34.0 Å². The van der Waals surface area contributed by atoms with Crippen molar-refractivity contribution in [2.24, 2.45) is 0 Å². The van der Waals surface area contributed by atoms with Crippen molar-refractivity contribution in [2.45, 2.75) is 38.5 Å². The van der Waals surface area contributed by atoms with Crippen molar-refractivity contribution in [1.82, 2.24) is 10.6 Å². The van der Waals surface area contributed by atoms with E-state index in [0.29, 0.717) is 16.8 Å². The molecule has 3 aromatic rings. The summed E-state index contributed by atoms with van der Waals surface area (Å²) in [5.41, 5.74) is 2.66. The first-order valence-electron chi connectivity index (χ1n) is 10.8. The van der Waals surface area contributed by atoms with Gasteiger partial charge in [-0.1, -0.05) is 31.2 Å². The Morgan fingerprint density at radius 2 is 1.79 bits per heavy atom. The van der Waals surface area contributed by atoms with Gasteiger partial charge in [0.25, 0.3) is 5.91 Å². The number of aryl methyl sites for hydroxylation is 1. The molecule has 0 unspecified atom stereocenters. The molecule has 0 bridgehead atoms. The number of carbonyl (C=O) groups excluding carboxylic acids is 1. The highest BCUT2D eigenvalue weighted by Crippen LogP contribution is 2.13. The molecule has 174 valence electrons. The van der Waals surface area contributed by atoms with Crippen LogP contribution in [0.15, 0.2) is 67.0 Å². The van der Waals surface area contributed by atoms with Gasteiger partial charge in [-0.05, 0) is 47.7 Å². The molecule has 1 heterocycles. The summed E-state index contributed by atoms with van der Waals surface area (Å²) >= 11 is 0. The number of nitrogens with zero attached hydrogens (tertiary/aromatic N) is 1. The lowest BCUT2D eigenvalue weighted by molar-refractivity contribution is -0.605. The number of nitrogens with one attached hydrogen (secondary N) is 2. The summed E-state index contributed by atoms with van der Waals surface area (Å²) in [6.07, 6.45) is 2.21. The van der Waals surface area contributed by atoms with Crippen LogP contribution in [0.5, 0.6) is 0 Å². The third kappa shape index (κ3) is 7.34. The summed E-state index contributed by atoms with van der Waals surface area (Å²) in [6.45, 7) is 2.71. The number of aliphatic hydroxyl groups excluding tert-OH is 1. The summed E-state index contributed by atoms with van der Waals surface area (Å²) in [7, 11) is 0. The lowest BCUT2D eigenvalue weighted by Gasteiger charge is -2.25. The first kappa shape index (κ1) is 24.3. The van der Waals surface area contributed by atoms with Crippen LogP contribution in [0.2, 0.25) is 0 Å². The van der Waals surface area contributed by atoms with Crippen molar-refractivity contribution in [3.8, 4) is 0 Å². The average molecular weight is 456 g/mol. The fourth-order valence-corrected chi connectivity index (χ4v) is 3.57. The molecule has 0 saturated heterocycles. The van der Waals surface area contributed by atoms with Crippen molar-refractivity contribution in [3.63, 3.8) is 0 Å². The Kier molecular flexibility index (Phi) is 8.46. The molecule has 3 N–H and O–H groups in total. The molecule has 0 aliphatic rings. The van der Waals surface area contributed by atoms with Gasteiger partial charge >= 0.3 is 0 Å². The molecule has 0 fully saturated rings. The minimum Gasteiger partial charge on any atom is -0.619 e. The topological polar surface area (TPSA) is 88.3 Å². The van der Waals surface area contributed by atoms with Crippen molar-refractivity contribution in [1.29, 1.82) is 0 Å². The number of amides is 1. The molecular weight excluding hydrogens is 428 g/mol. The number of rotatable bonds is 10. The van der Waals surface area contributed by atoms with E-state index in [2.05, 4.69) is 23.6 Å². The Morgan fingerprint density at radius 3 is 2.48 bits per heavy atom. The second-order valence-electron chi connectivity index (χ2n) is 7.89. The van der Waals surface area contributed by atoms with Crippen LogP contribution in [-0.4, -0.2) is 29.7 Å². The van der Waals surface area contributed by atoms with Gasteiger partial charge in [-0.25, -0.2) is 8.78 Å². The van der Waals surface area contributed by atoms with Crippen LogP contribution in [0, 0.1) is 16.8 Å². The zero-order valence-corrected chi connectivity index (χ0v) is 18.3. The fourth-order valence-electron chi connectivity index (χ4n) is 3.57. The molecule has 0 aliphatic heterocycles. The quantitative estimate of drug-likeness (QED) is 0.324. The van der Waals surface area contributed by atoms with Crippen molar-refractivity contribution < 1.29 is 23.4 Å². The molecule has 0 spiro atoms. The molecule has 0 saturated carbocycles. The Balaban J connectivity index is 1.70. The molecule has 33 heavy (non-hydrogen) atoms. The van der Waals surface area contributed by atoms with E-state index in [4.69, 9.17) is 0 Å². The van der Waals surface area contributed by atoms with Crippen molar-refractivity contribution in [2.75, 3.05) is 6.54 Å². The third-order valence-corrected chi connectivity index (χ3v) is 5.28. The van der Waals surface area contributed by atoms with Crippen LogP contribution in [0.25, 0.3) is 0 Å². The molecule has 1 aromatic heterocycles. The highest BCUT2D eigenvalue weighted by atomic mass is 19.1. The van der Waals surface area contributed by atoms with E-state index in [9.17, 15) is 23.9 Å². The van der Waals surface area contributed by atoms with E-state index in [1.54, 1.807) is 0 Å². The van der Waals surface area contributed by atoms with Crippen molar-refractivity contribution in [3.05, 3.63) is 106 Å². The van der Waals surface area contributed by atoms with Gasteiger partial charge in [0, 0.05) is 25.2 Å². The second-order valence-corrected chi connectivity index (χ2v) is 7.89. The van der Waals surface area contributed by atoms with Gasteiger partial charge in [-0.2, -0.15) is 4.73 Å². The number of carbonyl (C=O) groups is 1.